The van der Waals surface area contributed by atoms with Crippen molar-refractivity contribution in [2.24, 2.45) is 5.10 Å². The molecular formula is C8H9BrN2O2S. The first kappa shape index (κ1) is 11.2. The van der Waals surface area contributed by atoms with Crippen LogP contribution in [0.2, 0.25) is 0 Å². The van der Waals surface area contributed by atoms with Gasteiger partial charge in [0.15, 0.2) is 0 Å². The summed E-state index contributed by atoms with van der Waals surface area (Å²) in [6.07, 6.45) is 1.01. The van der Waals surface area contributed by atoms with Gasteiger partial charge in [0, 0.05) is 20.8 Å². The van der Waals surface area contributed by atoms with Gasteiger partial charge < -0.3 is 4.74 Å². The summed E-state index contributed by atoms with van der Waals surface area (Å²) in [5, 5.41) is 7.57. The van der Waals surface area contributed by atoms with Crippen LogP contribution >= 0.6 is 27.3 Å². The number of carbonyl (C=O) groups is 1. The summed E-state index contributed by atoms with van der Waals surface area (Å²) in [5.74, 6) is 0. The second-order valence-electron chi connectivity index (χ2n) is 2.27. The molecule has 1 N–H and O–H groups in total. The molecule has 0 aliphatic rings. The van der Waals surface area contributed by atoms with Crippen LogP contribution in [0.25, 0.3) is 0 Å². The average molecular weight is 277 g/mol. The molecule has 0 aliphatic heterocycles. The average Bonchev–Trinajstić information content (AvgIpc) is 2.52. The maximum atomic E-state index is 10.8. The number of thiophene rings is 1. The molecule has 1 aromatic rings. The Balaban J connectivity index is 2.42. The molecule has 0 bridgehead atoms. The molecule has 0 aliphatic carbocycles. The number of hydrogen-bond acceptors (Lipinski definition) is 4. The maximum Gasteiger partial charge on any atom is 0.427 e. The highest BCUT2D eigenvalue weighted by atomic mass is 79.9. The minimum absolute atomic E-state index is 0.337. The Morgan fingerprint density at radius 1 is 1.79 bits per heavy atom. The lowest BCUT2D eigenvalue weighted by molar-refractivity contribution is 0.152. The topological polar surface area (TPSA) is 50.7 Å². The number of nitrogens with zero attached hydrogens (tertiary/aromatic N) is 1. The smallest absolute Gasteiger partial charge is 0.427 e. The van der Waals surface area contributed by atoms with E-state index in [1.54, 1.807) is 24.5 Å². The van der Waals surface area contributed by atoms with Crippen molar-refractivity contribution in [1.29, 1.82) is 0 Å². The number of ether oxygens (including phenoxy) is 1. The Labute approximate surface area is 94.1 Å². The Morgan fingerprint density at radius 3 is 3.14 bits per heavy atom. The quantitative estimate of drug-likeness (QED) is 0.682. The summed E-state index contributed by atoms with van der Waals surface area (Å²) in [7, 11) is 0. The number of hydrogen-bond donors (Lipinski definition) is 1. The fourth-order valence-corrected chi connectivity index (χ4v) is 2.05. The third-order valence-electron chi connectivity index (χ3n) is 1.28. The summed E-state index contributed by atoms with van der Waals surface area (Å²) < 4.78 is 5.57. The summed E-state index contributed by atoms with van der Waals surface area (Å²) in [4.78, 5) is 10.8. The molecular weight excluding hydrogens is 268 g/mol. The third-order valence-corrected chi connectivity index (χ3v) is 3.03. The van der Waals surface area contributed by atoms with Gasteiger partial charge in [-0.2, -0.15) is 16.4 Å². The molecule has 0 radical (unpaired) electrons. The molecule has 0 spiro atoms. The van der Waals surface area contributed by atoms with Crippen LogP contribution < -0.4 is 5.43 Å². The standard InChI is InChI=1S/C8H9BrN2O2S/c1-2-13-8(12)11-10-3-6-4-14-5-7(6)9/h3-5H,2H2,1H3,(H,11,12)/b10-3-. The molecule has 4 nitrogen and oxygen atoms in total. The van der Waals surface area contributed by atoms with Gasteiger partial charge in [0.1, 0.15) is 0 Å². The van der Waals surface area contributed by atoms with E-state index in [0.717, 1.165) is 10.0 Å². The largest absolute Gasteiger partial charge is 0.449 e. The zero-order valence-electron chi connectivity index (χ0n) is 7.49. The molecule has 0 saturated carbocycles. The van der Waals surface area contributed by atoms with Crippen LogP contribution in [0.1, 0.15) is 12.5 Å². The Morgan fingerprint density at radius 2 is 2.57 bits per heavy atom. The molecule has 0 atom stereocenters. The summed E-state index contributed by atoms with van der Waals surface area (Å²) >= 11 is 4.89. The zero-order chi connectivity index (χ0) is 10.4. The number of hydrazone groups is 1. The van der Waals surface area contributed by atoms with Crippen molar-refractivity contribution in [3.63, 3.8) is 0 Å². The first-order valence-corrected chi connectivity index (χ1v) is 5.65. The van der Waals surface area contributed by atoms with E-state index in [1.165, 1.54) is 0 Å². The van der Waals surface area contributed by atoms with Crippen molar-refractivity contribution in [2.75, 3.05) is 6.61 Å². The molecule has 0 fully saturated rings. The lowest BCUT2D eigenvalue weighted by Crippen LogP contribution is -2.18. The zero-order valence-corrected chi connectivity index (χ0v) is 9.89. The van der Waals surface area contributed by atoms with E-state index >= 15 is 0 Å². The van der Waals surface area contributed by atoms with Crippen LogP contribution in [0, 0.1) is 0 Å². The van der Waals surface area contributed by atoms with Gasteiger partial charge in [-0.1, -0.05) is 0 Å². The van der Waals surface area contributed by atoms with Crippen molar-refractivity contribution >= 4 is 39.6 Å². The molecule has 1 heterocycles. The van der Waals surface area contributed by atoms with Crippen molar-refractivity contribution in [3.05, 3.63) is 20.8 Å². The molecule has 0 aromatic carbocycles. The lowest BCUT2D eigenvalue weighted by atomic mass is 10.4. The van der Waals surface area contributed by atoms with Crippen LogP contribution in [-0.4, -0.2) is 18.9 Å². The van der Waals surface area contributed by atoms with Gasteiger partial charge in [-0.25, -0.2) is 10.2 Å². The highest BCUT2D eigenvalue weighted by Gasteiger charge is 1.98. The minimum atomic E-state index is -0.546. The van der Waals surface area contributed by atoms with Crippen LogP contribution in [0.3, 0.4) is 0 Å². The van der Waals surface area contributed by atoms with E-state index in [9.17, 15) is 4.79 Å². The Hall–Kier alpha value is -0.880. The number of amides is 1. The van der Waals surface area contributed by atoms with E-state index in [-0.39, 0.29) is 0 Å². The van der Waals surface area contributed by atoms with E-state index in [0.29, 0.717) is 6.61 Å². The minimum Gasteiger partial charge on any atom is -0.449 e. The van der Waals surface area contributed by atoms with E-state index in [1.807, 2.05) is 10.8 Å². The Kier molecular flexibility index (Phi) is 4.61. The normalized spacial score (nSPS) is 10.4. The van der Waals surface area contributed by atoms with Crippen LogP contribution in [-0.2, 0) is 4.74 Å². The van der Waals surface area contributed by atoms with Crippen molar-refractivity contribution in [2.45, 2.75) is 6.92 Å². The van der Waals surface area contributed by atoms with Crippen molar-refractivity contribution in [1.82, 2.24) is 5.43 Å². The van der Waals surface area contributed by atoms with Gasteiger partial charge in [-0.3, -0.25) is 0 Å². The highest BCUT2D eigenvalue weighted by Crippen LogP contribution is 2.18. The predicted molar refractivity (Wildman–Crippen MR) is 59.8 cm³/mol. The first-order valence-electron chi connectivity index (χ1n) is 3.91. The fraction of sp³-hybridized carbons (Fsp3) is 0.250. The number of halogens is 1. The molecule has 14 heavy (non-hydrogen) atoms. The van der Waals surface area contributed by atoms with E-state index in [4.69, 9.17) is 0 Å². The molecule has 1 amide bonds. The number of carbonyl (C=O) groups excluding carboxylic acids is 1. The van der Waals surface area contributed by atoms with Crippen LogP contribution in [0.5, 0.6) is 0 Å². The molecule has 6 heteroatoms. The van der Waals surface area contributed by atoms with Gasteiger partial charge in [0.2, 0.25) is 0 Å². The maximum absolute atomic E-state index is 10.8. The van der Waals surface area contributed by atoms with E-state index in [2.05, 4.69) is 31.2 Å². The molecule has 76 valence electrons. The summed E-state index contributed by atoms with van der Waals surface area (Å²) in [6.45, 7) is 2.07. The Bertz CT molecular complexity index is 338. The fourth-order valence-electron chi connectivity index (χ4n) is 0.701. The second kappa shape index (κ2) is 5.77. The first-order chi connectivity index (χ1) is 6.74. The predicted octanol–water partition coefficient (Wildman–Crippen LogP) is 2.59. The number of nitrogens with one attached hydrogen (secondary N) is 1. The number of rotatable bonds is 3. The van der Waals surface area contributed by atoms with Gasteiger partial charge in [-0.15, -0.1) is 0 Å². The van der Waals surface area contributed by atoms with Crippen LogP contribution in [0.4, 0.5) is 4.79 Å². The highest BCUT2D eigenvalue weighted by molar-refractivity contribution is 9.10. The monoisotopic (exact) mass is 276 g/mol. The third kappa shape index (κ3) is 3.47. The van der Waals surface area contributed by atoms with Crippen LogP contribution in [0.15, 0.2) is 20.3 Å². The van der Waals surface area contributed by atoms with Gasteiger partial charge >= 0.3 is 6.09 Å². The molecule has 1 aromatic heterocycles. The lowest BCUT2D eigenvalue weighted by Gasteiger charge is -1.97. The van der Waals surface area contributed by atoms with Gasteiger partial charge in [0.25, 0.3) is 0 Å². The van der Waals surface area contributed by atoms with Gasteiger partial charge in [0.05, 0.1) is 12.8 Å². The second-order valence-corrected chi connectivity index (χ2v) is 3.86. The summed E-state index contributed by atoms with van der Waals surface area (Å²) in [5.41, 5.74) is 3.16. The van der Waals surface area contributed by atoms with Crippen molar-refractivity contribution < 1.29 is 9.53 Å². The SMILES string of the molecule is CCOC(=O)N/N=C\c1cscc1Br. The summed E-state index contributed by atoms with van der Waals surface area (Å²) in [6, 6.07) is 0. The van der Waals surface area contributed by atoms with E-state index < -0.39 is 6.09 Å². The molecule has 0 unspecified atom stereocenters. The van der Waals surface area contributed by atoms with Crippen molar-refractivity contribution in [3.8, 4) is 0 Å². The molecule has 0 saturated heterocycles. The molecule has 1 rings (SSSR count). The van der Waals surface area contributed by atoms with Gasteiger partial charge in [-0.05, 0) is 22.9 Å².